The van der Waals surface area contributed by atoms with Crippen LogP contribution in [0, 0.1) is 17.6 Å². The number of hydrogen-bond donors (Lipinski definition) is 1. The zero-order chi connectivity index (χ0) is 17.1. The van der Waals surface area contributed by atoms with Crippen LogP contribution >= 0.6 is 0 Å². The predicted molar refractivity (Wildman–Crippen MR) is 82.3 cm³/mol. The topological polar surface area (TPSA) is 62.6 Å². The van der Waals surface area contributed by atoms with Crippen molar-refractivity contribution >= 4 is 17.5 Å². The van der Waals surface area contributed by atoms with E-state index in [9.17, 15) is 18.4 Å². The Labute approximate surface area is 137 Å². The highest BCUT2D eigenvalue weighted by Gasteiger charge is 2.29. The summed E-state index contributed by atoms with van der Waals surface area (Å²) in [6, 6.07) is 4.42. The summed E-state index contributed by atoms with van der Waals surface area (Å²) in [5, 5.41) is 2.51. The lowest BCUT2D eigenvalue weighted by molar-refractivity contribution is -0.121. The zero-order valence-corrected chi connectivity index (χ0v) is 12.8. The molecule has 126 valence electrons. The number of hydrogen-bond acceptors (Lipinski definition) is 3. The van der Waals surface area contributed by atoms with Gasteiger partial charge in [-0.1, -0.05) is 0 Å². The van der Waals surface area contributed by atoms with Crippen LogP contribution < -0.4 is 5.32 Å². The van der Waals surface area contributed by atoms with Gasteiger partial charge in [0.1, 0.15) is 17.9 Å². The van der Waals surface area contributed by atoms with Gasteiger partial charge in [-0.05, 0) is 31.0 Å². The molecule has 0 spiro atoms. The van der Waals surface area contributed by atoms with E-state index in [-0.39, 0.29) is 24.0 Å². The molecular weight excluding hydrogens is 318 g/mol. The molecule has 2 amide bonds. The largest absolute Gasteiger partial charge is 0.472 e. The Kier molecular flexibility index (Phi) is 4.59. The highest BCUT2D eigenvalue weighted by Crippen LogP contribution is 2.21. The van der Waals surface area contributed by atoms with Gasteiger partial charge >= 0.3 is 0 Å². The van der Waals surface area contributed by atoms with Crippen LogP contribution in [0.1, 0.15) is 23.2 Å². The van der Waals surface area contributed by atoms with Crippen molar-refractivity contribution in [2.75, 3.05) is 18.4 Å². The third-order valence-electron chi connectivity index (χ3n) is 3.98. The van der Waals surface area contributed by atoms with Crippen LogP contribution in [0.2, 0.25) is 0 Å². The van der Waals surface area contributed by atoms with Crippen molar-refractivity contribution in [2.45, 2.75) is 12.8 Å². The van der Waals surface area contributed by atoms with Crippen LogP contribution in [0.15, 0.2) is 41.2 Å². The lowest BCUT2D eigenvalue weighted by Crippen LogP contribution is -2.43. The van der Waals surface area contributed by atoms with Gasteiger partial charge in [0.05, 0.1) is 17.7 Å². The van der Waals surface area contributed by atoms with Crippen LogP contribution in [0.25, 0.3) is 0 Å². The molecule has 1 atom stereocenters. The van der Waals surface area contributed by atoms with Gasteiger partial charge in [-0.3, -0.25) is 9.59 Å². The minimum Gasteiger partial charge on any atom is -0.472 e. The maximum Gasteiger partial charge on any atom is 0.257 e. The molecule has 5 nitrogen and oxygen atoms in total. The van der Waals surface area contributed by atoms with Crippen molar-refractivity contribution < 1.29 is 22.8 Å². The molecule has 0 bridgehead atoms. The van der Waals surface area contributed by atoms with Gasteiger partial charge in [-0.25, -0.2) is 8.78 Å². The summed E-state index contributed by atoms with van der Waals surface area (Å²) >= 11 is 0. The second-order valence-corrected chi connectivity index (χ2v) is 5.75. The molecule has 1 unspecified atom stereocenters. The monoisotopic (exact) mass is 334 g/mol. The van der Waals surface area contributed by atoms with E-state index in [1.165, 1.54) is 12.5 Å². The number of piperidine rings is 1. The normalized spacial score (nSPS) is 17.6. The average Bonchev–Trinajstić information content (AvgIpc) is 3.07. The Hall–Kier alpha value is -2.70. The number of anilines is 1. The molecular formula is C17H16F2N2O3. The van der Waals surface area contributed by atoms with Crippen molar-refractivity contribution in [3.05, 3.63) is 54.0 Å². The highest BCUT2D eigenvalue weighted by molar-refractivity contribution is 5.96. The number of furan rings is 1. The van der Waals surface area contributed by atoms with Gasteiger partial charge in [0.2, 0.25) is 5.91 Å². The summed E-state index contributed by atoms with van der Waals surface area (Å²) in [4.78, 5) is 26.2. The Balaban J connectivity index is 1.65. The van der Waals surface area contributed by atoms with E-state index in [0.717, 1.165) is 18.2 Å². The van der Waals surface area contributed by atoms with E-state index >= 15 is 0 Å². The van der Waals surface area contributed by atoms with E-state index < -0.39 is 17.6 Å². The lowest BCUT2D eigenvalue weighted by atomic mass is 9.96. The molecule has 0 saturated carbocycles. The molecule has 0 aliphatic carbocycles. The number of rotatable bonds is 3. The van der Waals surface area contributed by atoms with Crippen molar-refractivity contribution in [3.8, 4) is 0 Å². The zero-order valence-electron chi connectivity index (χ0n) is 12.8. The minimum atomic E-state index is -0.759. The van der Waals surface area contributed by atoms with Crippen LogP contribution in [0.4, 0.5) is 14.5 Å². The first-order chi connectivity index (χ1) is 11.5. The van der Waals surface area contributed by atoms with Gasteiger partial charge in [-0.2, -0.15) is 0 Å². The molecule has 1 aliphatic rings. The first-order valence-electron chi connectivity index (χ1n) is 7.61. The Morgan fingerprint density at radius 3 is 2.62 bits per heavy atom. The second-order valence-electron chi connectivity index (χ2n) is 5.75. The molecule has 1 fully saturated rings. The molecule has 3 rings (SSSR count). The number of benzene rings is 1. The fourth-order valence-electron chi connectivity index (χ4n) is 2.81. The molecule has 1 saturated heterocycles. The maximum atomic E-state index is 13.2. The molecule has 1 aliphatic heterocycles. The van der Waals surface area contributed by atoms with Crippen molar-refractivity contribution in [1.29, 1.82) is 0 Å². The third kappa shape index (κ3) is 3.61. The number of nitrogens with zero attached hydrogens (tertiary/aromatic N) is 1. The van der Waals surface area contributed by atoms with E-state index in [1.54, 1.807) is 11.0 Å². The summed E-state index contributed by atoms with van der Waals surface area (Å²) in [6.45, 7) is 0.816. The molecule has 2 aromatic rings. The number of carbonyl (C=O) groups is 2. The van der Waals surface area contributed by atoms with Gasteiger partial charge in [0.15, 0.2) is 0 Å². The molecule has 24 heavy (non-hydrogen) atoms. The fraction of sp³-hybridized carbons (Fsp3) is 0.294. The Morgan fingerprint density at radius 1 is 1.21 bits per heavy atom. The van der Waals surface area contributed by atoms with E-state index in [1.807, 2.05) is 0 Å². The first-order valence-corrected chi connectivity index (χ1v) is 7.61. The van der Waals surface area contributed by atoms with Crippen LogP contribution in [0.3, 0.4) is 0 Å². The van der Waals surface area contributed by atoms with Gasteiger partial charge in [0.25, 0.3) is 5.91 Å². The standard InChI is InChI=1S/C17H16F2N2O3/c18-13-6-14(19)8-15(7-13)20-16(22)11-2-1-4-21(9-11)17(23)12-3-5-24-10-12/h3,5-8,10-11H,1-2,4,9H2,(H,20,22). The smallest absolute Gasteiger partial charge is 0.257 e. The summed E-state index contributed by atoms with van der Waals surface area (Å²) in [6.07, 6.45) is 4.07. The quantitative estimate of drug-likeness (QED) is 0.938. The van der Waals surface area contributed by atoms with Crippen LogP contribution in [-0.4, -0.2) is 29.8 Å². The van der Waals surface area contributed by atoms with Gasteiger partial charge < -0.3 is 14.6 Å². The van der Waals surface area contributed by atoms with Crippen LogP contribution in [0.5, 0.6) is 0 Å². The third-order valence-corrected chi connectivity index (χ3v) is 3.98. The predicted octanol–water partition coefficient (Wildman–Crippen LogP) is 3.05. The summed E-state index contributed by atoms with van der Waals surface area (Å²) in [5.74, 6) is -2.50. The van der Waals surface area contributed by atoms with E-state index in [2.05, 4.69) is 5.32 Å². The van der Waals surface area contributed by atoms with Crippen LogP contribution in [-0.2, 0) is 4.79 Å². The molecule has 2 heterocycles. The summed E-state index contributed by atoms with van der Waals surface area (Å²) < 4.78 is 31.3. The van der Waals surface area contributed by atoms with Crippen molar-refractivity contribution in [3.63, 3.8) is 0 Å². The number of nitrogens with one attached hydrogen (secondary N) is 1. The number of likely N-dealkylation sites (tertiary alicyclic amines) is 1. The van der Waals surface area contributed by atoms with E-state index in [0.29, 0.717) is 24.9 Å². The summed E-state index contributed by atoms with van der Waals surface area (Å²) in [5.41, 5.74) is 0.499. The SMILES string of the molecule is O=C(Nc1cc(F)cc(F)c1)C1CCCN(C(=O)c2ccoc2)C1. The lowest BCUT2D eigenvalue weighted by Gasteiger charge is -2.31. The van der Waals surface area contributed by atoms with Crippen molar-refractivity contribution in [1.82, 2.24) is 4.90 Å². The molecule has 1 aromatic carbocycles. The minimum absolute atomic E-state index is 0.0655. The molecule has 0 radical (unpaired) electrons. The summed E-state index contributed by atoms with van der Waals surface area (Å²) in [7, 11) is 0. The molecule has 1 aromatic heterocycles. The first kappa shape index (κ1) is 16.2. The number of amides is 2. The van der Waals surface area contributed by atoms with E-state index in [4.69, 9.17) is 4.42 Å². The second kappa shape index (κ2) is 6.82. The maximum absolute atomic E-state index is 13.2. The van der Waals surface area contributed by atoms with Gasteiger partial charge in [0, 0.05) is 24.8 Å². The Bertz CT molecular complexity index is 726. The number of carbonyl (C=O) groups excluding carboxylic acids is 2. The molecule has 7 heteroatoms. The Morgan fingerprint density at radius 2 is 1.96 bits per heavy atom. The van der Waals surface area contributed by atoms with Crippen molar-refractivity contribution in [2.24, 2.45) is 5.92 Å². The molecule has 1 N–H and O–H groups in total. The number of halogens is 2. The van der Waals surface area contributed by atoms with Gasteiger partial charge in [-0.15, -0.1) is 0 Å². The highest BCUT2D eigenvalue weighted by atomic mass is 19.1. The fourth-order valence-corrected chi connectivity index (χ4v) is 2.81. The average molecular weight is 334 g/mol.